The minimum Gasteiger partial charge on any atom is -0.378 e. The number of pyridine rings is 1. The Balaban J connectivity index is 1.08. The molecule has 0 unspecified atom stereocenters. The zero-order valence-corrected chi connectivity index (χ0v) is 33.1. The van der Waals surface area contributed by atoms with Gasteiger partial charge in [0.25, 0.3) is 5.91 Å². The zero-order valence-electron chi connectivity index (χ0n) is 33.1. The number of amides is 2. The number of hydrogen-bond acceptors (Lipinski definition) is 8. The summed E-state index contributed by atoms with van der Waals surface area (Å²) in [5.41, 5.74) is 7.59. The lowest BCUT2D eigenvalue weighted by molar-refractivity contribution is -0.128. The molecule has 2 amide bonds. The number of nitrogens with one attached hydrogen (secondary N) is 2. The third-order valence-corrected chi connectivity index (χ3v) is 13.1. The van der Waals surface area contributed by atoms with Gasteiger partial charge < -0.3 is 29.7 Å². The number of fused-ring (bicyclic) bond motifs is 3. The maximum atomic E-state index is 14.9. The fraction of sp³-hybridized carbons (Fsp3) is 0.545. The molecule has 11 nitrogen and oxygen atoms in total. The van der Waals surface area contributed by atoms with Crippen molar-refractivity contribution in [2.45, 2.75) is 115 Å². The van der Waals surface area contributed by atoms with E-state index in [9.17, 15) is 9.59 Å². The zero-order chi connectivity index (χ0) is 38.0. The number of aromatic nitrogens is 3. The van der Waals surface area contributed by atoms with Gasteiger partial charge in [-0.05, 0) is 135 Å². The second kappa shape index (κ2) is 14.3. The van der Waals surface area contributed by atoms with Crippen LogP contribution < -0.4 is 15.5 Å². The Morgan fingerprint density at radius 1 is 0.891 bits per heavy atom. The monoisotopic (exact) mass is 744 g/mol. The largest absolute Gasteiger partial charge is 0.378 e. The van der Waals surface area contributed by atoms with Crippen molar-refractivity contribution in [1.82, 2.24) is 29.7 Å². The molecular weight excluding hydrogens is 689 g/mol. The molecule has 3 saturated heterocycles. The standard InChI is InChI=1S/C44H56N8O3/c1-27(2)46-42(53)35-20-31(11-9-29(35)5)47-41-40-38(45-26-51(40)28(3)4)23-37(48-41)30-10-12-36-39(19-30)52(33-21-32(22-33)49-15-7-6-8-16-49)43(54)44(36)13-17-50(18-14-44)34-24-55-25-34/h9-12,19-20,23,26-28,32-34H,6-8,13-18,21-22,24-25H2,1-5H3,(H,46,53)(H,47,48)/t32-,33+. The van der Waals surface area contributed by atoms with Crippen LogP contribution in [0.5, 0.6) is 0 Å². The Morgan fingerprint density at radius 3 is 2.33 bits per heavy atom. The number of imidazole rings is 1. The molecule has 290 valence electrons. The van der Waals surface area contributed by atoms with Crippen LogP contribution >= 0.6 is 0 Å². The van der Waals surface area contributed by atoms with Gasteiger partial charge in [0.15, 0.2) is 5.82 Å². The van der Waals surface area contributed by atoms with E-state index in [1.165, 1.54) is 37.9 Å². The number of benzene rings is 2. The normalized spacial score (nSPS) is 23.0. The van der Waals surface area contributed by atoms with Crippen molar-refractivity contribution in [1.29, 1.82) is 0 Å². The molecule has 0 atom stereocenters. The Hall–Kier alpha value is -4.32. The Kier molecular flexibility index (Phi) is 9.46. The first-order chi connectivity index (χ1) is 26.6. The summed E-state index contributed by atoms with van der Waals surface area (Å²) in [6.45, 7) is 16.0. The van der Waals surface area contributed by atoms with Crippen LogP contribution in [0.1, 0.15) is 100 Å². The van der Waals surface area contributed by atoms with Gasteiger partial charge in [-0.3, -0.25) is 14.5 Å². The minimum atomic E-state index is -0.490. The van der Waals surface area contributed by atoms with Gasteiger partial charge in [0, 0.05) is 46.7 Å². The summed E-state index contributed by atoms with van der Waals surface area (Å²) in [6, 6.07) is 16.0. The Morgan fingerprint density at radius 2 is 1.64 bits per heavy atom. The molecule has 4 fully saturated rings. The van der Waals surface area contributed by atoms with E-state index in [2.05, 4.69) is 68.0 Å². The van der Waals surface area contributed by atoms with Crippen LogP contribution in [0.25, 0.3) is 22.3 Å². The van der Waals surface area contributed by atoms with Crippen LogP contribution in [0, 0.1) is 6.92 Å². The SMILES string of the molecule is Cc1ccc(Nc2nc(-c3ccc4c(c3)N([C@H]3C[C@@H](N5CCCCC5)C3)C(=O)C43CCN(C4COC4)CC3)cc3ncn(C(C)C)c23)cc1C(=O)NC(C)C. The van der Waals surface area contributed by atoms with E-state index in [0.29, 0.717) is 29.4 Å². The average molecular weight is 745 g/mol. The molecule has 11 heteroatoms. The number of hydrogen-bond donors (Lipinski definition) is 2. The van der Waals surface area contributed by atoms with Crippen molar-refractivity contribution in [2.24, 2.45) is 0 Å². The molecule has 1 saturated carbocycles. The molecule has 2 N–H and O–H groups in total. The smallest absolute Gasteiger partial charge is 0.251 e. The number of ether oxygens (including phenoxy) is 1. The third-order valence-electron chi connectivity index (χ3n) is 13.1. The van der Waals surface area contributed by atoms with Gasteiger partial charge in [-0.15, -0.1) is 0 Å². The fourth-order valence-corrected chi connectivity index (χ4v) is 9.76. The van der Waals surface area contributed by atoms with Gasteiger partial charge in [0.05, 0.1) is 42.2 Å². The van der Waals surface area contributed by atoms with Gasteiger partial charge in [-0.2, -0.15) is 0 Å². The van der Waals surface area contributed by atoms with Crippen LogP contribution in [0.15, 0.2) is 48.8 Å². The summed E-state index contributed by atoms with van der Waals surface area (Å²) < 4.78 is 7.67. The summed E-state index contributed by atoms with van der Waals surface area (Å²) in [5, 5.41) is 6.62. The average Bonchev–Trinajstić information content (AvgIpc) is 3.66. The van der Waals surface area contributed by atoms with Crippen molar-refractivity contribution in [3.8, 4) is 11.3 Å². The Labute approximate surface area is 324 Å². The molecule has 1 spiro atoms. The predicted octanol–water partition coefficient (Wildman–Crippen LogP) is 6.97. The van der Waals surface area contributed by atoms with Crippen molar-refractivity contribution >= 4 is 40.0 Å². The second-order valence-corrected chi connectivity index (χ2v) is 17.3. The van der Waals surface area contributed by atoms with Crippen LogP contribution in [0.3, 0.4) is 0 Å². The van der Waals surface area contributed by atoms with Crippen LogP contribution in [0.2, 0.25) is 0 Å². The Bertz CT molecular complexity index is 2100. The van der Waals surface area contributed by atoms with E-state index < -0.39 is 5.41 Å². The highest BCUT2D eigenvalue weighted by molar-refractivity contribution is 6.09. The summed E-state index contributed by atoms with van der Waals surface area (Å²) in [5.74, 6) is 0.879. The van der Waals surface area contributed by atoms with Gasteiger partial charge in [0.2, 0.25) is 5.91 Å². The molecule has 9 rings (SSSR count). The quantitative estimate of drug-likeness (QED) is 0.190. The molecule has 5 aliphatic rings. The number of rotatable bonds is 9. The number of aryl methyl sites for hydroxylation is 1. The number of nitrogens with zero attached hydrogens (tertiary/aromatic N) is 6. The molecule has 4 aliphatic heterocycles. The molecule has 1 aliphatic carbocycles. The lowest BCUT2D eigenvalue weighted by Gasteiger charge is -2.48. The highest BCUT2D eigenvalue weighted by atomic mass is 16.5. The maximum absolute atomic E-state index is 14.9. The lowest BCUT2D eigenvalue weighted by Crippen LogP contribution is -2.59. The molecule has 2 aromatic heterocycles. The van der Waals surface area contributed by atoms with Gasteiger partial charge >= 0.3 is 0 Å². The van der Waals surface area contributed by atoms with E-state index in [-0.39, 0.29) is 24.0 Å². The van der Waals surface area contributed by atoms with Crippen molar-refractivity contribution in [3.63, 3.8) is 0 Å². The molecule has 2 aromatic carbocycles. The molecule has 6 heterocycles. The van der Waals surface area contributed by atoms with E-state index in [4.69, 9.17) is 14.7 Å². The molecule has 0 bridgehead atoms. The van der Waals surface area contributed by atoms with Crippen LogP contribution in [-0.4, -0.2) is 99.7 Å². The maximum Gasteiger partial charge on any atom is 0.251 e. The van der Waals surface area contributed by atoms with Crippen molar-refractivity contribution in [2.75, 3.05) is 49.6 Å². The van der Waals surface area contributed by atoms with Gasteiger partial charge in [-0.25, -0.2) is 9.97 Å². The van der Waals surface area contributed by atoms with Gasteiger partial charge in [-0.1, -0.05) is 24.6 Å². The first kappa shape index (κ1) is 36.3. The highest BCUT2D eigenvalue weighted by Gasteiger charge is 2.56. The molecular formula is C44H56N8O3. The first-order valence-corrected chi connectivity index (χ1v) is 20.7. The number of carbonyl (C=O) groups is 2. The van der Waals surface area contributed by atoms with E-state index >= 15 is 0 Å². The van der Waals surface area contributed by atoms with E-state index in [1.54, 1.807) is 0 Å². The number of carbonyl (C=O) groups excluding carboxylic acids is 2. The van der Waals surface area contributed by atoms with Crippen molar-refractivity contribution < 1.29 is 14.3 Å². The van der Waals surface area contributed by atoms with Crippen LogP contribution in [0.4, 0.5) is 17.2 Å². The second-order valence-electron chi connectivity index (χ2n) is 17.3. The fourth-order valence-electron chi connectivity index (χ4n) is 9.76. The minimum absolute atomic E-state index is 0.0333. The molecule has 0 radical (unpaired) electrons. The van der Waals surface area contributed by atoms with Gasteiger partial charge in [0.1, 0.15) is 5.52 Å². The highest BCUT2D eigenvalue weighted by Crippen LogP contribution is 2.52. The first-order valence-electron chi connectivity index (χ1n) is 20.7. The number of anilines is 3. The topological polar surface area (TPSA) is 108 Å². The third kappa shape index (κ3) is 6.42. The molecule has 55 heavy (non-hydrogen) atoms. The van der Waals surface area contributed by atoms with E-state index in [0.717, 1.165) is 91.2 Å². The number of likely N-dealkylation sites (tertiary alicyclic amines) is 2. The lowest BCUT2D eigenvalue weighted by atomic mass is 9.73. The van der Waals surface area contributed by atoms with Crippen molar-refractivity contribution in [3.05, 3.63) is 65.5 Å². The summed E-state index contributed by atoms with van der Waals surface area (Å²) >= 11 is 0. The predicted molar refractivity (Wildman–Crippen MR) is 217 cm³/mol. The summed E-state index contributed by atoms with van der Waals surface area (Å²) in [7, 11) is 0. The summed E-state index contributed by atoms with van der Waals surface area (Å²) in [4.78, 5) is 45.6. The summed E-state index contributed by atoms with van der Waals surface area (Å²) in [6.07, 6.45) is 9.53. The van der Waals surface area contributed by atoms with E-state index in [1.807, 2.05) is 45.3 Å². The molecule has 4 aromatic rings. The number of piperidine rings is 2. The van der Waals surface area contributed by atoms with Crippen LogP contribution in [-0.2, 0) is 14.9 Å².